The number of hydrogen-bond donors (Lipinski definition) is 2. The number of hydrogen-bond acceptors (Lipinski definition) is 7. The van der Waals surface area contributed by atoms with E-state index in [-0.39, 0.29) is 22.5 Å². The van der Waals surface area contributed by atoms with Crippen LogP contribution >= 0.6 is 0 Å². The van der Waals surface area contributed by atoms with Crippen molar-refractivity contribution in [3.8, 4) is 0 Å². The van der Waals surface area contributed by atoms with Crippen molar-refractivity contribution in [2.75, 3.05) is 0 Å². The molecule has 4 aliphatic rings. The lowest BCUT2D eigenvalue weighted by Gasteiger charge is -2.60. The molecule has 10 heteroatoms. The van der Waals surface area contributed by atoms with Crippen LogP contribution in [0.1, 0.15) is 82.0 Å². The molecule has 36 heavy (non-hydrogen) atoms. The number of fused-ring (bicyclic) bond motifs is 5. The summed E-state index contributed by atoms with van der Waals surface area (Å²) in [6.07, 6.45) is 9.03. The van der Waals surface area contributed by atoms with E-state index in [1.165, 1.54) is 6.42 Å². The molecule has 5 rings (SSSR count). The minimum absolute atomic E-state index is 0.111. The zero-order valence-corrected chi connectivity index (χ0v) is 20.8. The molecule has 0 heterocycles. The quantitative estimate of drug-likeness (QED) is 0.441. The Morgan fingerprint density at radius 2 is 1.69 bits per heavy atom. The van der Waals surface area contributed by atoms with Crippen molar-refractivity contribution < 1.29 is 19.7 Å². The van der Waals surface area contributed by atoms with Crippen molar-refractivity contribution in [2.24, 2.45) is 39.6 Å². The van der Waals surface area contributed by atoms with Crippen LogP contribution in [-0.4, -0.2) is 32.7 Å². The number of nitro benzene ring substituents is 2. The van der Waals surface area contributed by atoms with Gasteiger partial charge in [0.05, 0.1) is 27.6 Å². The number of nitro groups is 2. The van der Waals surface area contributed by atoms with E-state index in [0.29, 0.717) is 23.7 Å². The summed E-state index contributed by atoms with van der Waals surface area (Å²) < 4.78 is 0. The standard InChI is InChI=1S/C26H34N4O6/c1-25-9-7-19(31)13-16(25)3-4-20-21-5-6-23(26(21,2)10-8-22(20)25)27-28-24(32)15-11-17(29(33)34)14-18(12-15)30(35)36/h11-12,14,16,19-22,31H,3-10,13H2,1-2H3,(H,28,32)/b27-23-/t16-,19+,20-,21+,22-,25+,26+/m0/s1. The Bertz CT molecular complexity index is 1110. The van der Waals surface area contributed by atoms with E-state index in [1.807, 2.05) is 0 Å². The predicted molar refractivity (Wildman–Crippen MR) is 132 cm³/mol. The number of aliphatic hydroxyl groups is 1. The molecule has 2 N–H and O–H groups in total. The van der Waals surface area contributed by atoms with Crippen molar-refractivity contribution in [2.45, 2.75) is 77.7 Å². The van der Waals surface area contributed by atoms with Gasteiger partial charge in [-0.3, -0.25) is 25.0 Å². The van der Waals surface area contributed by atoms with Crippen LogP contribution in [-0.2, 0) is 0 Å². The van der Waals surface area contributed by atoms with Crippen molar-refractivity contribution in [3.05, 3.63) is 44.0 Å². The van der Waals surface area contributed by atoms with Gasteiger partial charge < -0.3 is 5.11 Å². The third-order valence-electron chi connectivity index (χ3n) is 10.3. The fraction of sp³-hybridized carbons (Fsp3) is 0.692. The molecule has 4 fully saturated rings. The third kappa shape index (κ3) is 3.99. The molecule has 0 unspecified atom stereocenters. The molecular weight excluding hydrogens is 464 g/mol. The van der Waals surface area contributed by atoms with Crippen LogP contribution in [0.4, 0.5) is 11.4 Å². The van der Waals surface area contributed by atoms with E-state index in [1.54, 1.807) is 0 Å². The normalized spacial score (nSPS) is 38.5. The van der Waals surface area contributed by atoms with Crippen LogP contribution in [0.5, 0.6) is 0 Å². The number of aliphatic hydroxyl groups excluding tert-OH is 1. The zero-order valence-electron chi connectivity index (χ0n) is 20.8. The molecule has 0 radical (unpaired) electrons. The maximum absolute atomic E-state index is 12.8. The van der Waals surface area contributed by atoms with Crippen LogP contribution in [0.3, 0.4) is 0 Å². The smallest absolute Gasteiger partial charge is 0.277 e. The number of nitrogens with one attached hydrogen (secondary N) is 1. The van der Waals surface area contributed by atoms with Crippen LogP contribution in [0.25, 0.3) is 0 Å². The highest BCUT2D eigenvalue weighted by molar-refractivity contribution is 5.98. The minimum atomic E-state index is -0.751. The Hall–Kier alpha value is -2.88. The van der Waals surface area contributed by atoms with Gasteiger partial charge in [-0.1, -0.05) is 13.8 Å². The second-order valence-electron chi connectivity index (χ2n) is 11.8. The predicted octanol–water partition coefficient (Wildman–Crippen LogP) is 4.99. The SMILES string of the molecule is C[C@@]12CC[C@@H](O)C[C@@H]1CC[C@H]1[C@H]3CC/C(=N/NC(=O)c4cc([N+](=O)[O-])cc([N+](=O)[O-])c4)[C@]3(C)CC[C@@H]12. The van der Waals surface area contributed by atoms with Gasteiger partial charge in [-0.05, 0) is 86.9 Å². The molecule has 0 aliphatic heterocycles. The zero-order chi connectivity index (χ0) is 25.8. The molecule has 194 valence electrons. The van der Waals surface area contributed by atoms with Crippen molar-refractivity contribution >= 4 is 23.0 Å². The van der Waals surface area contributed by atoms with Gasteiger partial charge in [0.15, 0.2) is 0 Å². The molecule has 1 aromatic rings. The summed E-state index contributed by atoms with van der Waals surface area (Å²) in [5.41, 5.74) is 2.49. The van der Waals surface area contributed by atoms with E-state index in [2.05, 4.69) is 24.4 Å². The van der Waals surface area contributed by atoms with Crippen molar-refractivity contribution in [3.63, 3.8) is 0 Å². The molecule has 10 nitrogen and oxygen atoms in total. The van der Waals surface area contributed by atoms with E-state index in [4.69, 9.17) is 0 Å². The van der Waals surface area contributed by atoms with Crippen molar-refractivity contribution in [1.82, 2.24) is 5.43 Å². The first kappa shape index (κ1) is 24.8. The van der Waals surface area contributed by atoms with Gasteiger partial charge in [0.1, 0.15) is 0 Å². The fourth-order valence-corrected chi connectivity index (χ4v) is 8.33. The topological polar surface area (TPSA) is 148 Å². The number of carbonyl (C=O) groups excluding carboxylic acids is 1. The van der Waals surface area contributed by atoms with Crippen LogP contribution in [0, 0.1) is 54.7 Å². The summed E-state index contributed by atoms with van der Waals surface area (Å²) in [4.78, 5) is 33.6. The van der Waals surface area contributed by atoms with E-state index < -0.39 is 27.1 Å². The number of carbonyl (C=O) groups is 1. The average Bonchev–Trinajstić information content (AvgIpc) is 3.18. The lowest BCUT2D eigenvalue weighted by Crippen LogP contribution is -2.54. The molecule has 4 saturated carbocycles. The maximum Gasteiger partial charge on any atom is 0.277 e. The number of hydrazone groups is 1. The lowest BCUT2D eigenvalue weighted by atomic mass is 9.45. The number of nitrogens with zero attached hydrogens (tertiary/aromatic N) is 3. The molecule has 0 bridgehead atoms. The second-order valence-corrected chi connectivity index (χ2v) is 11.8. The summed E-state index contributed by atoms with van der Waals surface area (Å²) in [5.74, 6) is 1.67. The first-order valence-corrected chi connectivity index (χ1v) is 13.0. The third-order valence-corrected chi connectivity index (χ3v) is 10.3. The summed E-state index contributed by atoms with van der Waals surface area (Å²) in [5, 5.41) is 37.1. The molecule has 1 amide bonds. The van der Waals surface area contributed by atoms with Gasteiger partial charge >= 0.3 is 0 Å². The van der Waals surface area contributed by atoms with Crippen LogP contribution in [0.2, 0.25) is 0 Å². The van der Waals surface area contributed by atoms with Gasteiger partial charge in [0, 0.05) is 23.3 Å². The Morgan fingerprint density at radius 1 is 1.00 bits per heavy atom. The summed E-state index contributed by atoms with van der Waals surface area (Å²) in [6, 6.07) is 2.91. The molecule has 0 spiro atoms. The Balaban J connectivity index is 1.34. The number of non-ortho nitro benzene ring substituents is 2. The highest BCUT2D eigenvalue weighted by Crippen LogP contribution is 2.65. The van der Waals surface area contributed by atoms with Gasteiger partial charge in [-0.2, -0.15) is 5.10 Å². The van der Waals surface area contributed by atoms with E-state index in [9.17, 15) is 30.1 Å². The highest BCUT2D eigenvalue weighted by atomic mass is 16.6. The lowest BCUT2D eigenvalue weighted by molar-refractivity contribution is -0.394. The maximum atomic E-state index is 12.8. The summed E-state index contributed by atoms with van der Waals surface area (Å²) in [7, 11) is 0. The van der Waals surface area contributed by atoms with E-state index >= 15 is 0 Å². The molecule has 1 aromatic carbocycles. The Labute approximate surface area is 209 Å². The monoisotopic (exact) mass is 498 g/mol. The number of benzene rings is 1. The van der Waals surface area contributed by atoms with Crippen LogP contribution < -0.4 is 5.43 Å². The largest absolute Gasteiger partial charge is 0.393 e. The molecular formula is C26H34N4O6. The average molecular weight is 499 g/mol. The Morgan fingerprint density at radius 3 is 2.36 bits per heavy atom. The second kappa shape index (κ2) is 8.90. The summed E-state index contributed by atoms with van der Waals surface area (Å²) in [6.45, 7) is 4.70. The first-order chi connectivity index (χ1) is 17.0. The Kier molecular flexibility index (Phi) is 6.13. The van der Waals surface area contributed by atoms with Gasteiger partial charge in [0.25, 0.3) is 17.3 Å². The number of rotatable bonds is 4. The molecule has 0 aromatic heterocycles. The number of amides is 1. The van der Waals surface area contributed by atoms with Crippen LogP contribution in [0.15, 0.2) is 23.3 Å². The van der Waals surface area contributed by atoms with Crippen molar-refractivity contribution in [1.29, 1.82) is 0 Å². The van der Waals surface area contributed by atoms with Gasteiger partial charge in [0.2, 0.25) is 0 Å². The van der Waals surface area contributed by atoms with Gasteiger partial charge in [-0.25, -0.2) is 5.43 Å². The van der Waals surface area contributed by atoms with Gasteiger partial charge in [-0.15, -0.1) is 0 Å². The highest BCUT2D eigenvalue weighted by Gasteiger charge is 2.59. The molecule has 0 saturated heterocycles. The van der Waals surface area contributed by atoms with E-state index in [0.717, 1.165) is 75.3 Å². The minimum Gasteiger partial charge on any atom is -0.393 e. The molecule has 4 aliphatic carbocycles. The molecule has 7 atom stereocenters. The fourth-order valence-electron chi connectivity index (χ4n) is 8.33. The first-order valence-electron chi connectivity index (χ1n) is 13.0. The summed E-state index contributed by atoms with van der Waals surface area (Å²) >= 11 is 0.